The fourth-order valence-corrected chi connectivity index (χ4v) is 3.39. The van der Waals surface area contributed by atoms with Gasteiger partial charge in [0.15, 0.2) is 0 Å². The van der Waals surface area contributed by atoms with Gasteiger partial charge in [-0.2, -0.15) is 5.10 Å². The Labute approximate surface area is 193 Å². The molecule has 0 radical (unpaired) electrons. The number of carboxylic acids is 1. The molecule has 6 heteroatoms. The summed E-state index contributed by atoms with van der Waals surface area (Å²) in [6, 6.07) is 15.0. The molecular weight excluding hydrogens is 402 g/mol. The molecule has 0 amide bonds. The van der Waals surface area contributed by atoms with E-state index in [4.69, 9.17) is 12.6 Å². The summed E-state index contributed by atoms with van der Waals surface area (Å²) < 4.78 is 24.3. The van der Waals surface area contributed by atoms with Crippen LogP contribution < -0.4 is 9.64 Å². The number of anilines is 1. The zero-order valence-corrected chi connectivity index (χ0v) is 18.8. The molecule has 1 unspecified atom stereocenters. The Kier molecular flexibility index (Phi) is 7.69. The van der Waals surface area contributed by atoms with E-state index < -0.39 is 12.5 Å². The molecule has 6 nitrogen and oxygen atoms in total. The molecule has 3 rings (SSSR count). The van der Waals surface area contributed by atoms with Crippen LogP contribution in [0.3, 0.4) is 0 Å². The number of nitrogens with zero attached hydrogens (tertiary/aromatic N) is 2. The molecule has 1 heterocycles. The maximum absolute atomic E-state index is 10.7. The van der Waals surface area contributed by atoms with Crippen molar-refractivity contribution in [2.75, 3.05) is 11.5 Å². The van der Waals surface area contributed by atoms with Crippen molar-refractivity contribution >= 4 is 11.7 Å². The van der Waals surface area contributed by atoms with Crippen molar-refractivity contribution < 1.29 is 17.4 Å². The number of aromatic nitrogens is 2. The Morgan fingerprint density at radius 1 is 1.16 bits per heavy atom. The van der Waals surface area contributed by atoms with Crippen LogP contribution >= 0.6 is 0 Å². The van der Waals surface area contributed by atoms with Crippen LogP contribution in [0.2, 0.25) is 0 Å². The second kappa shape index (κ2) is 11.9. The summed E-state index contributed by atoms with van der Waals surface area (Å²) in [4.78, 5) is 12.5. The number of carbonyl (C=O) groups is 1. The zero-order valence-electron chi connectivity index (χ0n) is 20.8. The third-order valence-corrected chi connectivity index (χ3v) is 5.43. The maximum atomic E-state index is 10.7. The predicted molar refractivity (Wildman–Crippen MR) is 128 cm³/mol. The van der Waals surface area contributed by atoms with Crippen molar-refractivity contribution in [3.8, 4) is 16.9 Å². The molecule has 0 fully saturated rings. The number of hydrogen-bond acceptors (Lipinski definition) is 4. The minimum Gasteiger partial charge on any atom is -0.493 e. The first kappa shape index (κ1) is 20.6. The number of carboxylic acid groups (broad SMARTS) is 1. The number of nitrogens with one attached hydrogen (secondary N) is 1. The summed E-state index contributed by atoms with van der Waals surface area (Å²) in [7, 11) is 0. The van der Waals surface area contributed by atoms with Crippen molar-refractivity contribution in [3.63, 3.8) is 0 Å². The van der Waals surface area contributed by atoms with Gasteiger partial charge in [-0.1, -0.05) is 37.3 Å². The Hall–Kier alpha value is -3.28. The Balaban J connectivity index is 1.81. The number of rotatable bonds is 13. The third-order valence-electron chi connectivity index (χ3n) is 5.43. The highest BCUT2D eigenvalue weighted by Crippen LogP contribution is 2.28. The van der Waals surface area contributed by atoms with Gasteiger partial charge in [-0.05, 0) is 56.4 Å². The molecule has 0 bridgehead atoms. The van der Waals surface area contributed by atoms with Crippen LogP contribution in [-0.2, 0) is 11.3 Å². The Morgan fingerprint density at radius 3 is 2.62 bits per heavy atom. The lowest BCUT2D eigenvalue weighted by Crippen LogP contribution is -2.32. The normalized spacial score (nSPS) is 13.2. The van der Waals surface area contributed by atoms with Crippen LogP contribution in [0, 0.1) is 0 Å². The van der Waals surface area contributed by atoms with E-state index in [0.717, 1.165) is 36.1 Å². The molecular formula is C26H33N3O3. The first-order valence-electron chi connectivity index (χ1n) is 12.2. The van der Waals surface area contributed by atoms with Crippen molar-refractivity contribution in [2.24, 2.45) is 0 Å². The van der Waals surface area contributed by atoms with E-state index in [1.807, 2.05) is 56.4 Å². The number of H-pyrrole nitrogens is 1. The van der Waals surface area contributed by atoms with E-state index in [1.54, 1.807) is 23.2 Å². The van der Waals surface area contributed by atoms with E-state index >= 15 is 0 Å². The summed E-state index contributed by atoms with van der Waals surface area (Å²) in [5, 5.41) is 15.6. The molecule has 2 aromatic carbocycles. The average molecular weight is 438 g/mol. The van der Waals surface area contributed by atoms with Gasteiger partial charge >= 0.3 is 5.97 Å². The van der Waals surface area contributed by atoms with E-state index in [9.17, 15) is 4.79 Å². The molecule has 1 aromatic heterocycles. The first-order chi connectivity index (χ1) is 16.3. The summed E-state index contributed by atoms with van der Waals surface area (Å²) in [6.45, 7) is 2.67. The maximum Gasteiger partial charge on any atom is 0.303 e. The van der Waals surface area contributed by atoms with Gasteiger partial charge in [-0.3, -0.25) is 9.89 Å². The Morgan fingerprint density at radius 2 is 1.94 bits per heavy atom. The molecule has 0 spiro atoms. The Bertz CT molecular complexity index is 1040. The molecule has 2 N–H and O–H groups in total. The second-order valence-corrected chi connectivity index (χ2v) is 7.82. The average Bonchev–Trinajstić information content (AvgIpc) is 3.36. The summed E-state index contributed by atoms with van der Waals surface area (Å²) >= 11 is 0. The molecule has 0 aliphatic carbocycles. The van der Waals surface area contributed by atoms with Crippen molar-refractivity contribution in [1.82, 2.24) is 10.2 Å². The van der Waals surface area contributed by atoms with Crippen molar-refractivity contribution in [2.45, 2.75) is 58.5 Å². The van der Waals surface area contributed by atoms with Crippen LogP contribution in [0.4, 0.5) is 5.69 Å². The van der Waals surface area contributed by atoms with Crippen molar-refractivity contribution in [3.05, 3.63) is 66.5 Å². The summed E-state index contributed by atoms with van der Waals surface area (Å²) in [5.74, 6) is -0.281. The monoisotopic (exact) mass is 437 g/mol. The van der Waals surface area contributed by atoms with Crippen LogP contribution in [0.15, 0.2) is 60.9 Å². The number of unbranched alkanes of at least 4 members (excludes halogenated alkanes) is 2. The number of ether oxygens (including phenoxy) is 1. The molecule has 0 saturated heterocycles. The van der Waals surface area contributed by atoms with Gasteiger partial charge in [0.05, 0.1) is 15.5 Å². The third kappa shape index (κ3) is 6.61. The molecule has 170 valence electrons. The van der Waals surface area contributed by atoms with E-state index in [0.29, 0.717) is 24.3 Å². The lowest BCUT2D eigenvalue weighted by molar-refractivity contribution is -0.137. The fourth-order valence-electron chi connectivity index (χ4n) is 3.39. The highest BCUT2D eigenvalue weighted by molar-refractivity contribution is 5.66. The number of aromatic amines is 1. The molecule has 1 atom stereocenters. The van der Waals surface area contributed by atoms with Crippen LogP contribution in [-0.4, -0.2) is 33.9 Å². The topological polar surface area (TPSA) is 78.5 Å². The minimum atomic E-state index is -1.81. The van der Waals surface area contributed by atoms with Gasteiger partial charge in [-0.25, -0.2) is 0 Å². The quantitative estimate of drug-likeness (QED) is 0.325. The van der Waals surface area contributed by atoms with Crippen molar-refractivity contribution in [1.29, 1.82) is 0 Å². The van der Waals surface area contributed by atoms with Crippen LogP contribution in [0.25, 0.3) is 11.1 Å². The van der Waals surface area contributed by atoms with Crippen LogP contribution in [0.5, 0.6) is 5.75 Å². The summed E-state index contributed by atoms with van der Waals surface area (Å²) in [5.41, 5.74) is 3.25. The van der Waals surface area contributed by atoms with Gasteiger partial charge in [0.1, 0.15) is 5.75 Å². The van der Waals surface area contributed by atoms with Crippen LogP contribution in [0.1, 0.15) is 54.3 Å². The van der Waals surface area contributed by atoms with Gasteiger partial charge in [0.2, 0.25) is 0 Å². The predicted octanol–water partition coefficient (Wildman–Crippen LogP) is 5.91. The molecule has 0 aliphatic rings. The molecule has 0 aliphatic heterocycles. The molecule has 0 saturated carbocycles. The van der Waals surface area contributed by atoms with Gasteiger partial charge in [-0.15, -0.1) is 0 Å². The van der Waals surface area contributed by atoms with E-state index in [2.05, 4.69) is 10.2 Å². The van der Waals surface area contributed by atoms with Gasteiger partial charge in [0, 0.05) is 42.0 Å². The second-order valence-electron chi connectivity index (χ2n) is 7.82. The van der Waals surface area contributed by atoms with Gasteiger partial charge in [0.25, 0.3) is 0 Å². The molecule has 32 heavy (non-hydrogen) atoms. The number of hydrogen-bond donors (Lipinski definition) is 2. The largest absolute Gasteiger partial charge is 0.493 e. The highest BCUT2D eigenvalue weighted by Gasteiger charge is 2.16. The number of benzene rings is 2. The van der Waals surface area contributed by atoms with E-state index in [1.165, 1.54) is 0 Å². The lowest BCUT2D eigenvalue weighted by Gasteiger charge is -2.31. The smallest absolute Gasteiger partial charge is 0.303 e. The standard InChI is InChI=1S/C26H33N3O3/c1-3-20(2)29(24-14-12-21(13-15-24)23-17-27-28-18-23)19-22-9-6-7-10-25(22)32-16-8-4-5-11-26(30)31/h6-7,9-10,12-15,17-18,20H,3-5,8,11,16,19H2,1-2H3,(H,27,28)(H,30,31)/i19D2. The van der Waals surface area contributed by atoms with Gasteiger partial charge < -0.3 is 14.7 Å². The number of aliphatic carboxylic acids is 1. The zero-order chi connectivity index (χ0) is 24.6. The minimum absolute atomic E-state index is 0.0566. The fraction of sp³-hybridized carbons (Fsp3) is 0.385. The highest BCUT2D eigenvalue weighted by atomic mass is 16.5. The summed E-state index contributed by atoms with van der Waals surface area (Å²) in [6.07, 6.45) is 6.60. The molecule has 3 aromatic rings. The number of para-hydroxylation sites is 1. The first-order valence-corrected chi connectivity index (χ1v) is 11.2. The lowest BCUT2D eigenvalue weighted by atomic mass is 10.1. The SMILES string of the molecule is [2H]C([2H])(c1ccccc1OCCCCCC(=O)O)N(c1ccc(-c2cn[nH]c2)cc1)C(C)CC. The van der Waals surface area contributed by atoms with E-state index in [-0.39, 0.29) is 12.5 Å².